The van der Waals surface area contributed by atoms with E-state index >= 15 is 0 Å². The molecule has 2 unspecified atom stereocenters. The number of rotatable bonds is 1. The molecule has 0 radical (unpaired) electrons. The molecule has 98 valence electrons. The molecule has 2 aliphatic heterocycles. The predicted octanol–water partition coefficient (Wildman–Crippen LogP) is 3.67. The van der Waals surface area contributed by atoms with Crippen molar-refractivity contribution in [2.24, 2.45) is 0 Å². The van der Waals surface area contributed by atoms with Gasteiger partial charge in [0.2, 0.25) is 0 Å². The van der Waals surface area contributed by atoms with Gasteiger partial charge in [-0.3, -0.25) is 4.90 Å². The lowest BCUT2D eigenvalue weighted by Crippen LogP contribution is -2.55. The zero-order valence-corrected chi connectivity index (χ0v) is 12.1. The lowest BCUT2D eigenvalue weighted by atomic mass is 10.1. The van der Waals surface area contributed by atoms with E-state index in [0.29, 0.717) is 16.1 Å². The molecular formula is C14H18Cl2N2. The van der Waals surface area contributed by atoms with Crippen LogP contribution in [0.15, 0.2) is 18.2 Å². The van der Waals surface area contributed by atoms with E-state index in [1.807, 2.05) is 12.1 Å². The summed E-state index contributed by atoms with van der Waals surface area (Å²) in [6.45, 7) is 5.82. The Hall–Kier alpha value is -0.440. The first kappa shape index (κ1) is 12.6. The van der Waals surface area contributed by atoms with E-state index in [9.17, 15) is 0 Å². The highest BCUT2D eigenvalue weighted by molar-refractivity contribution is 6.42. The van der Waals surface area contributed by atoms with Gasteiger partial charge in [0.05, 0.1) is 10.0 Å². The molecule has 0 aromatic heterocycles. The molecule has 2 aliphatic rings. The van der Waals surface area contributed by atoms with Gasteiger partial charge in [0.1, 0.15) is 0 Å². The average molecular weight is 285 g/mol. The second-order valence-corrected chi connectivity index (χ2v) is 6.21. The Kier molecular flexibility index (Phi) is 3.44. The van der Waals surface area contributed by atoms with Crippen molar-refractivity contribution >= 4 is 28.9 Å². The van der Waals surface area contributed by atoms with E-state index in [2.05, 4.69) is 22.8 Å². The Bertz CT molecular complexity index is 449. The van der Waals surface area contributed by atoms with E-state index in [1.165, 1.54) is 25.1 Å². The van der Waals surface area contributed by atoms with Gasteiger partial charge in [-0.15, -0.1) is 0 Å². The highest BCUT2D eigenvalue weighted by Gasteiger charge is 2.34. The van der Waals surface area contributed by atoms with Crippen molar-refractivity contribution in [3.05, 3.63) is 28.2 Å². The van der Waals surface area contributed by atoms with Crippen LogP contribution in [-0.4, -0.2) is 36.6 Å². The topological polar surface area (TPSA) is 6.48 Å². The van der Waals surface area contributed by atoms with Crippen molar-refractivity contribution in [3.8, 4) is 0 Å². The third kappa shape index (κ3) is 2.22. The zero-order chi connectivity index (χ0) is 12.7. The summed E-state index contributed by atoms with van der Waals surface area (Å²) in [5.41, 5.74) is 1.20. The fourth-order valence-electron chi connectivity index (χ4n) is 3.21. The number of benzene rings is 1. The molecule has 2 saturated heterocycles. The molecule has 0 saturated carbocycles. The Morgan fingerprint density at radius 1 is 1.17 bits per heavy atom. The molecule has 0 aliphatic carbocycles. The van der Waals surface area contributed by atoms with Gasteiger partial charge in [0.15, 0.2) is 0 Å². The maximum atomic E-state index is 6.12. The Morgan fingerprint density at radius 3 is 2.78 bits per heavy atom. The number of fused-ring (bicyclic) bond motifs is 1. The van der Waals surface area contributed by atoms with Crippen molar-refractivity contribution in [1.29, 1.82) is 0 Å². The van der Waals surface area contributed by atoms with Gasteiger partial charge in [-0.1, -0.05) is 23.2 Å². The number of hydrogen-bond acceptors (Lipinski definition) is 2. The van der Waals surface area contributed by atoms with E-state index in [1.54, 1.807) is 0 Å². The van der Waals surface area contributed by atoms with Crippen LogP contribution in [0.2, 0.25) is 10.0 Å². The molecule has 2 heterocycles. The molecule has 0 N–H and O–H groups in total. The molecule has 3 rings (SSSR count). The van der Waals surface area contributed by atoms with Gasteiger partial charge in [0, 0.05) is 30.9 Å². The molecule has 2 nitrogen and oxygen atoms in total. The number of hydrogen-bond donors (Lipinski definition) is 0. The number of nitrogens with zero attached hydrogens (tertiary/aromatic N) is 2. The van der Waals surface area contributed by atoms with Crippen molar-refractivity contribution in [3.63, 3.8) is 0 Å². The quantitative estimate of drug-likeness (QED) is 0.777. The van der Waals surface area contributed by atoms with Crippen molar-refractivity contribution in [1.82, 2.24) is 4.90 Å². The lowest BCUT2D eigenvalue weighted by molar-refractivity contribution is 0.203. The van der Waals surface area contributed by atoms with Crippen LogP contribution in [0, 0.1) is 0 Å². The van der Waals surface area contributed by atoms with Crippen LogP contribution in [-0.2, 0) is 0 Å². The fraction of sp³-hybridized carbons (Fsp3) is 0.571. The molecule has 0 spiro atoms. The standard InChI is InChI=1S/C14H18Cl2N2/c1-10-8-17-6-2-3-12(17)9-18(10)11-4-5-13(15)14(16)7-11/h4-5,7,10,12H,2-3,6,8-9H2,1H3. The third-order valence-corrected chi connectivity index (χ3v) is 4.91. The summed E-state index contributed by atoms with van der Waals surface area (Å²) in [6.07, 6.45) is 2.66. The molecule has 1 aromatic carbocycles. The average Bonchev–Trinajstić information content (AvgIpc) is 2.79. The van der Waals surface area contributed by atoms with Crippen LogP contribution >= 0.6 is 23.2 Å². The predicted molar refractivity (Wildman–Crippen MR) is 77.9 cm³/mol. The van der Waals surface area contributed by atoms with Gasteiger partial charge in [-0.05, 0) is 44.5 Å². The van der Waals surface area contributed by atoms with E-state index in [-0.39, 0.29) is 0 Å². The molecule has 0 amide bonds. The molecule has 18 heavy (non-hydrogen) atoms. The Morgan fingerprint density at radius 2 is 2.00 bits per heavy atom. The first-order valence-electron chi connectivity index (χ1n) is 6.61. The minimum absolute atomic E-state index is 0.539. The number of halogens is 2. The normalized spacial score (nSPS) is 28.5. The number of anilines is 1. The summed E-state index contributed by atoms with van der Waals surface area (Å²) < 4.78 is 0. The monoisotopic (exact) mass is 284 g/mol. The Labute approximate surface area is 118 Å². The summed E-state index contributed by atoms with van der Waals surface area (Å²) in [4.78, 5) is 5.09. The van der Waals surface area contributed by atoms with Crippen molar-refractivity contribution in [2.75, 3.05) is 24.5 Å². The summed E-state index contributed by atoms with van der Waals surface area (Å²) in [5.74, 6) is 0. The zero-order valence-electron chi connectivity index (χ0n) is 10.6. The highest BCUT2D eigenvalue weighted by atomic mass is 35.5. The first-order chi connectivity index (χ1) is 8.65. The van der Waals surface area contributed by atoms with Gasteiger partial charge in [-0.25, -0.2) is 0 Å². The highest BCUT2D eigenvalue weighted by Crippen LogP contribution is 2.32. The second kappa shape index (κ2) is 4.92. The maximum absolute atomic E-state index is 6.12. The smallest absolute Gasteiger partial charge is 0.0612 e. The van der Waals surface area contributed by atoms with Gasteiger partial charge < -0.3 is 4.90 Å². The van der Waals surface area contributed by atoms with Crippen LogP contribution in [0.1, 0.15) is 19.8 Å². The second-order valence-electron chi connectivity index (χ2n) is 5.39. The summed E-state index contributed by atoms with van der Waals surface area (Å²) in [6, 6.07) is 7.22. The first-order valence-corrected chi connectivity index (χ1v) is 7.36. The minimum atomic E-state index is 0.539. The minimum Gasteiger partial charge on any atom is -0.366 e. The van der Waals surface area contributed by atoms with Crippen LogP contribution in [0.25, 0.3) is 0 Å². The van der Waals surface area contributed by atoms with E-state index in [4.69, 9.17) is 23.2 Å². The lowest BCUT2D eigenvalue weighted by Gasteiger charge is -2.43. The summed E-state index contributed by atoms with van der Waals surface area (Å²) in [7, 11) is 0. The van der Waals surface area contributed by atoms with Crippen LogP contribution in [0.4, 0.5) is 5.69 Å². The molecule has 4 heteroatoms. The molecule has 1 aromatic rings. The van der Waals surface area contributed by atoms with Gasteiger partial charge in [0.25, 0.3) is 0 Å². The van der Waals surface area contributed by atoms with Crippen molar-refractivity contribution < 1.29 is 0 Å². The molecule has 2 fully saturated rings. The van der Waals surface area contributed by atoms with Crippen LogP contribution < -0.4 is 4.90 Å². The largest absolute Gasteiger partial charge is 0.366 e. The van der Waals surface area contributed by atoms with E-state index in [0.717, 1.165) is 19.1 Å². The molecule has 0 bridgehead atoms. The van der Waals surface area contributed by atoms with Gasteiger partial charge in [-0.2, -0.15) is 0 Å². The SMILES string of the molecule is CC1CN2CCCC2CN1c1ccc(Cl)c(Cl)c1. The van der Waals surface area contributed by atoms with Gasteiger partial charge >= 0.3 is 0 Å². The molecular weight excluding hydrogens is 267 g/mol. The Balaban J connectivity index is 1.84. The third-order valence-electron chi connectivity index (χ3n) is 4.17. The van der Waals surface area contributed by atoms with Crippen LogP contribution in [0.3, 0.4) is 0 Å². The van der Waals surface area contributed by atoms with E-state index < -0.39 is 0 Å². The maximum Gasteiger partial charge on any atom is 0.0612 e. The fourth-order valence-corrected chi connectivity index (χ4v) is 3.50. The number of piperazine rings is 1. The molecule has 2 atom stereocenters. The summed E-state index contributed by atoms with van der Waals surface area (Å²) >= 11 is 12.1. The summed E-state index contributed by atoms with van der Waals surface area (Å²) in [5, 5.41) is 1.28. The van der Waals surface area contributed by atoms with Crippen LogP contribution in [0.5, 0.6) is 0 Å². The van der Waals surface area contributed by atoms with Crippen molar-refractivity contribution in [2.45, 2.75) is 31.8 Å².